The molecule has 2 aromatic carbocycles. The fraction of sp³-hybridized carbons (Fsp3) is 0.188. The average Bonchev–Trinajstić information content (AvgIpc) is 2.51. The van der Waals surface area contributed by atoms with Gasteiger partial charge in [-0.05, 0) is 17.7 Å². The third-order valence-corrected chi connectivity index (χ3v) is 3.67. The van der Waals surface area contributed by atoms with Crippen LogP contribution in [0.15, 0.2) is 48.5 Å². The van der Waals surface area contributed by atoms with Gasteiger partial charge in [0.25, 0.3) is 5.69 Å². The molecule has 106 valence electrons. The number of Topliss-reactive ketones (excluding diaryl/α,β-unsaturated/α-hetero) is 1. The zero-order valence-electron chi connectivity index (χ0n) is 11.4. The molecule has 0 saturated heterocycles. The van der Waals surface area contributed by atoms with E-state index >= 15 is 0 Å². The van der Waals surface area contributed by atoms with Crippen LogP contribution < -0.4 is 4.90 Å². The lowest BCUT2D eigenvalue weighted by Crippen LogP contribution is -2.31. The molecule has 1 aliphatic rings. The van der Waals surface area contributed by atoms with Crippen LogP contribution in [0.5, 0.6) is 0 Å². The van der Waals surface area contributed by atoms with Crippen LogP contribution in [0.3, 0.4) is 0 Å². The number of anilines is 1. The largest absolute Gasteiger partial charge is 0.366 e. The third-order valence-electron chi connectivity index (χ3n) is 3.67. The molecule has 2 aromatic rings. The van der Waals surface area contributed by atoms with E-state index in [4.69, 9.17) is 0 Å². The van der Waals surface area contributed by atoms with Crippen LogP contribution in [0.4, 0.5) is 11.4 Å². The van der Waals surface area contributed by atoms with Gasteiger partial charge >= 0.3 is 0 Å². The van der Waals surface area contributed by atoms with Crippen molar-refractivity contribution in [2.45, 2.75) is 13.0 Å². The first-order valence-corrected chi connectivity index (χ1v) is 6.75. The Balaban J connectivity index is 1.84. The van der Waals surface area contributed by atoms with Crippen molar-refractivity contribution in [1.29, 1.82) is 0 Å². The summed E-state index contributed by atoms with van der Waals surface area (Å²) in [7, 11) is 0. The molecule has 5 nitrogen and oxygen atoms in total. The summed E-state index contributed by atoms with van der Waals surface area (Å²) in [6, 6.07) is 14.1. The van der Waals surface area contributed by atoms with Crippen LogP contribution in [-0.2, 0) is 6.54 Å². The van der Waals surface area contributed by atoms with Gasteiger partial charge in [-0.2, -0.15) is 0 Å². The smallest absolute Gasteiger partial charge is 0.269 e. The molecule has 0 unspecified atom stereocenters. The monoisotopic (exact) mass is 282 g/mol. The van der Waals surface area contributed by atoms with Crippen molar-refractivity contribution in [2.24, 2.45) is 0 Å². The van der Waals surface area contributed by atoms with Gasteiger partial charge < -0.3 is 4.90 Å². The maximum atomic E-state index is 11.9. The summed E-state index contributed by atoms with van der Waals surface area (Å²) in [5, 5.41) is 10.7. The Morgan fingerprint density at radius 1 is 1.10 bits per heavy atom. The quantitative estimate of drug-likeness (QED) is 0.640. The van der Waals surface area contributed by atoms with E-state index in [1.54, 1.807) is 12.1 Å². The summed E-state index contributed by atoms with van der Waals surface area (Å²) in [5.41, 5.74) is 2.77. The molecule has 0 radical (unpaired) electrons. The fourth-order valence-corrected chi connectivity index (χ4v) is 2.58. The maximum Gasteiger partial charge on any atom is 0.269 e. The summed E-state index contributed by atoms with van der Waals surface area (Å²) >= 11 is 0. The number of carbonyl (C=O) groups excluding carboxylic acids is 1. The lowest BCUT2D eigenvalue weighted by Gasteiger charge is -2.30. The second-order valence-electron chi connectivity index (χ2n) is 5.04. The van der Waals surface area contributed by atoms with Gasteiger partial charge in [-0.1, -0.05) is 24.3 Å². The lowest BCUT2D eigenvalue weighted by atomic mass is 10.00. The van der Waals surface area contributed by atoms with Crippen molar-refractivity contribution < 1.29 is 9.72 Å². The van der Waals surface area contributed by atoms with Crippen LogP contribution in [0, 0.1) is 10.1 Å². The van der Waals surface area contributed by atoms with Crippen molar-refractivity contribution in [2.75, 3.05) is 11.4 Å². The lowest BCUT2D eigenvalue weighted by molar-refractivity contribution is -0.384. The molecule has 0 spiro atoms. The summed E-state index contributed by atoms with van der Waals surface area (Å²) < 4.78 is 0. The topological polar surface area (TPSA) is 63.5 Å². The molecule has 0 aromatic heterocycles. The molecule has 0 aliphatic carbocycles. The summed E-state index contributed by atoms with van der Waals surface area (Å²) in [6.45, 7) is 1.31. The number of benzene rings is 2. The molecule has 0 N–H and O–H groups in total. The van der Waals surface area contributed by atoms with Crippen LogP contribution in [0.2, 0.25) is 0 Å². The number of non-ortho nitro benzene ring substituents is 1. The van der Waals surface area contributed by atoms with Crippen molar-refractivity contribution in [3.63, 3.8) is 0 Å². The molecule has 1 heterocycles. The molecule has 0 amide bonds. The van der Waals surface area contributed by atoms with Gasteiger partial charge in [0.2, 0.25) is 0 Å². The Morgan fingerprint density at radius 2 is 1.81 bits per heavy atom. The van der Waals surface area contributed by atoms with E-state index in [-0.39, 0.29) is 11.5 Å². The predicted octanol–water partition coefficient (Wildman–Crippen LogP) is 3.19. The predicted molar refractivity (Wildman–Crippen MR) is 79.5 cm³/mol. The van der Waals surface area contributed by atoms with Crippen molar-refractivity contribution in [3.8, 4) is 0 Å². The van der Waals surface area contributed by atoms with E-state index in [0.29, 0.717) is 19.5 Å². The van der Waals surface area contributed by atoms with Crippen LogP contribution >= 0.6 is 0 Å². The number of rotatable bonds is 3. The zero-order chi connectivity index (χ0) is 14.8. The van der Waals surface area contributed by atoms with Gasteiger partial charge in [0.1, 0.15) is 0 Å². The van der Waals surface area contributed by atoms with Crippen molar-refractivity contribution in [3.05, 3.63) is 69.8 Å². The Labute approximate surface area is 122 Å². The van der Waals surface area contributed by atoms with Gasteiger partial charge in [-0.25, -0.2) is 0 Å². The van der Waals surface area contributed by atoms with Gasteiger partial charge in [0.05, 0.1) is 4.92 Å². The molecular formula is C16H14N2O3. The van der Waals surface area contributed by atoms with Crippen molar-refractivity contribution >= 4 is 17.2 Å². The summed E-state index contributed by atoms with van der Waals surface area (Å²) in [6.07, 6.45) is 0.504. The number of ketones is 1. The number of hydrogen-bond acceptors (Lipinski definition) is 4. The minimum atomic E-state index is -0.404. The zero-order valence-corrected chi connectivity index (χ0v) is 11.4. The molecule has 0 fully saturated rings. The van der Waals surface area contributed by atoms with Crippen molar-refractivity contribution in [1.82, 2.24) is 0 Å². The highest BCUT2D eigenvalue weighted by Crippen LogP contribution is 2.28. The van der Waals surface area contributed by atoms with Gasteiger partial charge in [0, 0.05) is 42.9 Å². The van der Waals surface area contributed by atoms with Crippen LogP contribution in [0.1, 0.15) is 22.3 Å². The Bertz CT molecular complexity index is 695. The van der Waals surface area contributed by atoms with Crippen LogP contribution in [-0.4, -0.2) is 17.3 Å². The molecule has 5 heteroatoms. The SMILES string of the molecule is O=C1CCN(Cc2ccc([N+](=O)[O-])cc2)c2ccccc21. The highest BCUT2D eigenvalue weighted by atomic mass is 16.6. The number of nitrogens with zero attached hydrogens (tertiary/aromatic N) is 2. The Morgan fingerprint density at radius 3 is 2.52 bits per heavy atom. The summed E-state index contributed by atoms with van der Waals surface area (Å²) in [4.78, 5) is 24.3. The Kier molecular flexibility index (Phi) is 3.39. The number of hydrogen-bond donors (Lipinski definition) is 0. The number of nitro benzene ring substituents is 1. The molecular weight excluding hydrogens is 268 g/mol. The van der Waals surface area contributed by atoms with Crippen LogP contribution in [0.25, 0.3) is 0 Å². The molecule has 0 saturated carbocycles. The molecule has 21 heavy (non-hydrogen) atoms. The number of para-hydroxylation sites is 1. The second kappa shape index (κ2) is 5.36. The minimum absolute atomic E-state index is 0.0907. The third kappa shape index (κ3) is 2.63. The van der Waals surface area contributed by atoms with Gasteiger partial charge in [-0.3, -0.25) is 14.9 Å². The molecule has 0 bridgehead atoms. The highest BCUT2D eigenvalue weighted by molar-refractivity contribution is 6.03. The van der Waals surface area contributed by atoms with E-state index < -0.39 is 4.92 Å². The standard InChI is InChI=1S/C16H14N2O3/c19-16-9-10-17(15-4-2-1-3-14(15)16)11-12-5-7-13(8-6-12)18(20)21/h1-8H,9-11H2. The maximum absolute atomic E-state index is 11.9. The molecule has 1 aliphatic heterocycles. The number of fused-ring (bicyclic) bond motifs is 1. The summed E-state index contributed by atoms with van der Waals surface area (Å²) in [5.74, 6) is 0.172. The first-order chi connectivity index (χ1) is 10.1. The highest BCUT2D eigenvalue weighted by Gasteiger charge is 2.22. The fourth-order valence-electron chi connectivity index (χ4n) is 2.58. The van der Waals surface area contributed by atoms with E-state index in [9.17, 15) is 14.9 Å². The van der Waals surface area contributed by atoms with E-state index in [1.807, 2.05) is 24.3 Å². The number of carbonyl (C=O) groups is 1. The second-order valence-corrected chi connectivity index (χ2v) is 5.04. The average molecular weight is 282 g/mol. The number of nitro groups is 1. The van der Waals surface area contributed by atoms with E-state index in [2.05, 4.69) is 4.90 Å². The molecule has 0 atom stereocenters. The minimum Gasteiger partial charge on any atom is -0.366 e. The van der Waals surface area contributed by atoms with Gasteiger partial charge in [-0.15, -0.1) is 0 Å². The molecule has 3 rings (SSSR count). The first kappa shape index (κ1) is 13.3. The van der Waals surface area contributed by atoms with Gasteiger partial charge in [0.15, 0.2) is 5.78 Å². The Hall–Kier alpha value is -2.69. The normalized spacial score (nSPS) is 13.9. The van der Waals surface area contributed by atoms with E-state index in [0.717, 1.165) is 16.8 Å². The first-order valence-electron chi connectivity index (χ1n) is 6.75. The van der Waals surface area contributed by atoms with E-state index in [1.165, 1.54) is 12.1 Å².